The average Bonchev–Trinajstić information content (AvgIpc) is 3.32. The highest BCUT2D eigenvalue weighted by molar-refractivity contribution is 7.20. The van der Waals surface area contributed by atoms with Gasteiger partial charge in [-0.2, -0.15) is 4.98 Å². The van der Waals surface area contributed by atoms with Gasteiger partial charge in [0.1, 0.15) is 11.3 Å². The van der Waals surface area contributed by atoms with E-state index in [0.29, 0.717) is 22.7 Å². The van der Waals surface area contributed by atoms with E-state index >= 15 is 0 Å². The molecule has 1 saturated heterocycles. The van der Waals surface area contributed by atoms with Crippen molar-refractivity contribution < 1.29 is 13.9 Å². The number of benzene rings is 1. The zero-order chi connectivity index (χ0) is 18.9. The number of ether oxygens (including phenoxy) is 2. The lowest BCUT2D eigenvalue weighted by Gasteiger charge is -2.30. The Morgan fingerprint density at radius 2 is 2.14 bits per heavy atom. The molecule has 144 valence electrons. The summed E-state index contributed by atoms with van der Waals surface area (Å²) < 4.78 is 18.2. The quantitative estimate of drug-likeness (QED) is 0.482. The Kier molecular flexibility index (Phi) is 4.72. The number of hydrogen-bond acceptors (Lipinski definition) is 7. The van der Waals surface area contributed by atoms with Gasteiger partial charge in [0.2, 0.25) is 0 Å². The third kappa shape index (κ3) is 3.48. The molecular weight excluding hydrogens is 374 g/mol. The van der Waals surface area contributed by atoms with Crippen molar-refractivity contribution in [1.29, 1.82) is 0 Å². The number of fused-ring (bicyclic) bond motifs is 2. The molecule has 7 heteroatoms. The number of likely N-dealkylation sites (tertiary alicyclic amines) is 1. The molecule has 6 nitrogen and oxygen atoms in total. The van der Waals surface area contributed by atoms with Gasteiger partial charge in [-0.15, -0.1) is 0 Å². The van der Waals surface area contributed by atoms with E-state index in [0.717, 1.165) is 48.1 Å². The second-order valence-corrected chi connectivity index (χ2v) is 8.03. The largest absolute Gasteiger partial charge is 0.464 e. The first kappa shape index (κ1) is 17.6. The molecule has 28 heavy (non-hydrogen) atoms. The summed E-state index contributed by atoms with van der Waals surface area (Å²) in [5, 5.41) is 1.72. The lowest BCUT2D eigenvalue weighted by Crippen LogP contribution is -2.36. The number of hydrogen-bond donors (Lipinski definition) is 0. The Labute approximate surface area is 166 Å². The third-order valence-electron chi connectivity index (χ3n) is 5.24. The average molecular weight is 395 g/mol. The van der Waals surface area contributed by atoms with Crippen LogP contribution in [0.25, 0.3) is 21.3 Å². The van der Waals surface area contributed by atoms with Gasteiger partial charge in [-0.3, -0.25) is 4.90 Å². The Hall–Kier alpha value is -2.48. The van der Waals surface area contributed by atoms with Gasteiger partial charge in [0.05, 0.1) is 17.1 Å². The van der Waals surface area contributed by atoms with E-state index in [1.54, 1.807) is 13.3 Å². The second-order valence-electron chi connectivity index (χ2n) is 7.04. The predicted octanol–water partition coefficient (Wildman–Crippen LogP) is 4.84. The van der Waals surface area contributed by atoms with Gasteiger partial charge in [-0.1, -0.05) is 11.3 Å². The summed E-state index contributed by atoms with van der Waals surface area (Å²) >= 11 is 1.48. The fraction of sp³-hybridized carbons (Fsp3) is 0.333. The molecule has 1 aliphatic rings. The lowest BCUT2D eigenvalue weighted by atomic mass is 10.1. The van der Waals surface area contributed by atoms with Crippen LogP contribution in [0.5, 0.6) is 10.9 Å². The van der Waals surface area contributed by atoms with Gasteiger partial charge in [0, 0.05) is 50.0 Å². The van der Waals surface area contributed by atoms with Crippen LogP contribution in [0.4, 0.5) is 0 Å². The van der Waals surface area contributed by atoms with Gasteiger partial charge < -0.3 is 13.9 Å². The molecule has 5 rings (SSSR count). The third-order valence-corrected chi connectivity index (χ3v) is 6.13. The molecule has 0 saturated carbocycles. The molecule has 0 aliphatic carbocycles. The Bertz CT molecular complexity index is 1070. The minimum atomic E-state index is 0.398. The maximum absolute atomic E-state index is 5.94. The molecule has 1 aliphatic heterocycles. The number of nitrogens with zero attached hydrogens (tertiary/aromatic N) is 3. The van der Waals surface area contributed by atoms with E-state index in [4.69, 9.17) is 13.9 Å². The van der Waals surface area contributed by atoms with Crippen LogP contribution in [0.3, 0.4) is 0 Å². The molecule has 0 atom stereocenters. The number of aromatic nitrogens is 2. The topological polar surface area (TPSA) is 60.6 Å². The summed E-state index contributed by atoms with van der Waals surface area (Å²) in [7, 11) is 1.80. The lowest BCUT2D eigenvalue weighted by molar-refractivity contribution is 0.0389. The highest BCUT2D eigenvalue weighted by atomic mass is 32.1. The standard InChI is InChI=1S/C21H21N3O3S/c1-25-15-6-9-24(10-7-15)12-14-13-26-18-11-16(4-5-17(14)18)27-21-23-20-19(28-21)3-2-8-22-20/h2-5,8,11,13,15H,6-7,9-10,12H2,1H3. The molecule has 0 spiro atoms. The van der Waals surface area contributed by atoms with Gasteiger partial charge in [0.25, 0.3) is 5.19 Å². The van der Waals surface area contributed by atoms with Crippen LogP contribution in [0.15, 0.2) is 47.2 Å². The summed E-state index contributed by atoms with van der Waals surface area (Å²) in [5.41, 5.74) is 2.75. The summed E-state index contributed by atoms with van der Waals surface area (Å²) in [4.78, 5) is 11.1. The normalized spacial score (nSPS) is 16.2. The number of piperidine rings is 1. The van der Waals surface area contributed by atoms with E-state index in [2.05, 4.69) is 20.9 Å². The number of thiazole rings is 1. The minimum absolute atomic E-state index is 0.398. The van der Waals surface area contributed by atoms with Crippen LogP contribution in [0, 0.1) is 0 Å². The fourth-order valence-corrected chi connectivity index (χ4v) is 4.48. The number of methoxy groups -OCH3 is 1. The molecule has 4 aromatic rings. The predicted molar refractivity (Wildman–Crippen MR) is 109 cm³/mol. The number of pyridine rings is 1. The monoisotopic (exact) mass is 395 g/mol. The highest BCUT2D eigenvalue weighted by Gasteiger charge is 2.20. The van der Waals surface area contributed by atoms with Crippen LogP contribution in [-0.4, -0.2) is 41.2 Å². The van der Waals surface area contributed by atoms with Crippen molar-refractivity contribution in [2.24, 2.45) is 0 Å². The fourth-order valence-electron chi connectivity index (χ4n) is 3.69. The maximum atomic E-state index is 5.94. The zero-order valence-corrected chi connectivity index (χ0v) is 16.4. The number of furan rings is 1. The van der Waals surface area contributed by atoms with Gasteiger partial charge in [0.15, 0.2) is 5.65 Å². The molecule has 0 amide bonds. The van der Waals surface area contributed by atoms with Crippen molar-refractivity contribution in [3.8, 4) is 10.9 Å². The van der Waals surface area contributed by atoms with Crippen LogP contribution in [-0.2, 0) is 11.3 Å². The molecule has 1 aromatic carbocycles. The van der Waals surface area contributed by atoms with Crippen LogP contribution in [0.1, 0.15) is 18.4 Å². The van der Waals surface area contributed by atoms with Gasteiger partial charge in [-0.05, 0) is 37.1 Å². The van der Waals surface area contributed by atoms with Crippen LogP contribution >= 0.6 is 11.3 Å². The first-order chi connectivity index (χ1) is 13.8. The van der Waals surface area contributed by atoms with E-state index in [1.807, 2.05) is 30.5 Å². The van der Waals surface area contributed by atoms with Crippen LogP contribution in [0.2, 0.25) is 0 Å². The van der Waals surface area contributed by atoms with Crippen molar-refractivity contribution in [2.75, 3.05) is 20.2 Å². The Morgan fingerprint density at radius 1 is 1.25 bits per heavy atom. The van der Waals surface area contributed by atoms with Crippen molar-refractivity contribution in [2.45, 2.75) is 25.5 Å². The molecule has 4 heterocycles. The van der Waals surface area contributed by atoms with Gasteiger partial charge >= 0.3 is 0 Å². The molecule has 1 fully saturated rings. The van der Waals surface area contributed by atoms with Crippen molar-refractivity contribution in [3.63, 3.8) is 0 Å². The first-order valence-electron chi connectivity index (χ1n) is 9.43. The highest BCUT2D eigenvalue weighted by Crippen LogP contribution is 2.33. The molecule has 0 unspecified atom stereocenters. The van der Waals surface area contributed by atoms with Gasteiger partial charge in [-0.25, -0.2) is 4.98 Å². The smallest absolute Gasteiger partial charge is 0.281 e. The SMILES string of the molecule is COC1CCN(Cc2coc3cc(Oc4nc5ncccc5s4)ccc23)CC1. The molecule has 0 N–H and O–H groups in total. The van der Waals surface area contributed by atoms with E-state index in [9.17, 15) is 0 Å². The van der Waals surface area contributed by atoms with E-state index in [-0.39, 0.29) is 0 Å². The second kappa shape index (κ2) is 7.50. The van der Waals surface area contributed by atoms with E-state index < -0.39 is 0 Å². The van der Waals surface area contributed by atoms with Crippen molar-refractivity contribution in [3.05, 3.63) is 48.4 Å². The maximum Gasteiger partial charge on any atom is 0.281 e. The minimum Gasteiger partial charge on any atom is -0.464 e. The zero-order valence-electron chi connectivity index (χ0n) is 15.6. The summed E-state index contributed by atoms with van der Waals surface area (Å²) in [6.07, 6.45) is 6.16. The van der Waals surface area contributed by atoms with Crippen molar-refractivity contribution >= 4 is 32.7 Å². The van der Waals surface area contributed by atoms with Crippen molar-refractivity contribution in [1.82, 2.24) is 14.9 Å². The summed E-state index contributed by atoms with van der Waals surface area (Å²) in [6.45, 7) is 3.00. The Morgan fingerprint density at radius 3 is 2.96 bits per heavy atom. The summed E-state index contributed by atoms with van der Waals surface area (Å²) in [6, 6.07) is 9.85. The number of rotatable bonds is 5. The molecular formula is C21H21N3O3S. The van der Waals surface area contributed by atoms with E-state index in [1.165, 1.54) is 16.9 Å². The molecule has 0 radical (unpaired) electrons. The Balaban J connectivity index is 1.32. The first-order valence-corrected chi connectivity index (χ1v) is 10.2. The molecule has 3 aromatic heterocycles. The summed E-state index contributed by atoms with van der Waals surface area (Å²) in [5.74, 6) is 0.716. The van der Waals surface area contributed by atoms with Crippen LogP contribution < -0.4 is 4.74 Å². The molecule has 0 bridgehead atoms.